The molecule has 7 heteroatoms. The van der Waals surface area contributed by atoms with Crippen molar-refractivity contribution in [2.75, 3.05) is 0 Å². The average Bonchev–Trinajstić information content (AvgIpc) is 3.03. The summed E-state index contributed by atoms with van der Waals surface area (Å²) in [6.45, 7) is 8.07. The fourth-order valence-electron chi connectivity index (χ4n) is 4.21. The largest absolute Gasteiger partial charge is 0.494 e. The molecule has 2 heterocycles. The molecule has 1 fully saturated rings. The Hall–Kier alpha value is -3.19. The lowest BCUT2D eigenvalue weighted by atomic mass is 9.78. The van der Waals surface area contributed by atoms with Crippen molar-refractivity contribution < 1.29 is 18.9 Å². The Morgan fingerprint density at radius 2 is 1.46 bits per heavy atom. The Morgan fingerprint density at radius 3 is 2.11 bits per heavy atom. The van der Waals surface area contributed by atoms with E-state index in [1.807, 2.05) is 82.3 Å². The molecule has 0 unspecified atom stereocenters. The maximum atomic E-state index is 12.7. The molecule has 0 saturated carbocycles. The highest BCUT2D eigenvalue weighted by Crippen LogP contribution is 2.36. The van der Waals surface area contributed by atoms with Crippen LogP contribution in [-0.4, -0.2) is 30.1 Å². The first-order valence-electron chi connectivity index (χ1n) is 11.5. The molecule has 5 rings (SSSR count). The van der Waals surface area contributed by atoms with Gasteiger partial charge in [-0.05, 0) is 79.7 Å². The fourth-order valence-corrected chi connectivity index (χ4v) is 4.40. The molecule has 3 aromatic rings. The molecule has 3 aromatic carbocycles. The van der Waals surface area contributed by atoms with Gasteiger partial charge in [0.25, 0.3) is 11.8 Å². The summed E-state index contributed by atoms with van der Waals surface area (Å²) in [5.74, 6) is -0.838. The number of hydrogen-bond donors (Lipinski definition) is 1. The Morgan fingerprint density at radius 1 is 0.800 bits per heavy atom. The standard InChI is InChI=1S/C28H25BClNO4/c1-27(2)28(3,4)35-29(34-27)20-11-8-17(9-12-20)14-23-22-13-10-19(18-6-5-7-21(30)15-18)16-24(22)26(33)31-25(23)32/h5-16H,1-4H3,(H,31,32,33). The van der Waals surface area contributed by atoms with E-state index >= 15 is 0 Å². The molecule has 0 spiro atoms. The minimum atomic E-state index is -0.456. The van der Waals surface area contributed by atoms with Gasteiger partial charge in [-0.25, -0.2) is 0 Å². The number of imide groups is 1. The smallest absolute Gasteiger partial charge is 0.399 e. The molecule has 0 radical (unpaired) electrons. The summed E-state index contributed by atoms with van der Waals surface area (Å²) < 4.78 is 12.2. The van der Waals surface area contributed by atoms with E-state index in [0.29, 0.717) is 21.7 Å². The summed E-state index contributed by atoms with van der Waals surface area (Å²) in [5.41, 5.74) is 4.12. The average molecular weight is 486 g/mol. The molecule has 2 aliphatic heterocycles. The second kappa shape index (κ2) is 8.49. The van der Waals surface area contributed by atoms with Gasteiger partial charge < -0.3 is 9.31 Å². The van der Waals surface area contributed by atoms with Crippen LogP contribution in [-0.2, 0) is 14.1 Å². The van der Waals surface area contributed by atoms with Crippen LogP contribution in [0.1, 0.15) is 49.2 Å². The highest BCUT2D eigenvalue weighted by atomic mass is 35.5. The van der Waals surface area contributed by atoms with Gasteiger partial charge in [0, 0.05) is 16.2 Å². The first kappa shape index (κ1) is 23.6. The second-order valence-electron chi connectivity index (χ2n) is 9.87. The van der Waals surface area contributed by atoms with E-state index in [9.17, 15) is 9.59 Å². The molecule has 0 aliphatic carbocycles. The minimum Gasteiger partial charge on any atom is -0.399 e. The van der Waals surface area contributed by atoms with Gasteiger partial charge in [0.15, 0.2) is 0 Å². The number of fused-ring (bicyclic) bond motifs is 1. The predicted octanol–water partition coefficient (Wildman–Crippen LogP) is 5.12. The molecule has 35 heavy (non-hydrogen) atoms. The summed E-state index contributed by atoms with van der Waals surface area (Å²) in [6.07, 6.45) is 1.79. The van der Waals surface area contributed by atoms with Gasteiger partial charge in [-0.2, -0.15) is 0 Å². The molecule has 0 aromatic heterocycles. The molecule has 176 valence electrons. The lowest BCUT2D eigenvalue weighted by molar-refractivity contribution is -0.114. The van der Waals surface area contributed by atoms with Gasteiger partial charge in [-0.3, -0.25) is 14.9 Å². The number of hydrogen-bond acceptors (Lipinski definition) is 4. The van der Waals surface area contributed by atoms with E-state index < -0.39 is 30.1 Å². The SMILES string of the molecule is CC1(C)OB(c2ccc(C=C3C(=O)NC(=O)c4cc(-c5cccc(Cl)c5)ccc43)cc2)OC1(C)C. The molecule has 2 aliphatic rings. The van der Waals surface area contributed by atoms with E-state index in [-0.39, 0.29) is 0 Å². The summed E-state index contributed by atoms with van der Waals surface area (Å²) in [6, 6.07) is 20.6. The van der Waals surface area contributed by atoms with Crippen molar-refractivity contribution in [1.29, 1.82) is 0 Å². The monoisotopic (exact) mass is 485 g/mol. The third kappa shape index (κ3) is 4.34. The van der Waals surface area contributed by atoms with Crippen molar-refractivity contribution in [1.82, 2.24) is 5.32 Å². The van der Waals surface area contributed by atoms with Crippen LogP contribution in [0.4, 0.5) is 0 Å². The maximum absolute atomic E-state index is 12.7. The first-order valence-corrected chi connectivity index (χ1v) is 11.9. The summed E-state index contributed by atoms with van der Waals surface area (Å²) in [7, 11) is -0.456. The van der Waals surface area contributed by atoms with Gasteiger partial charge >= 0.3 is 7.12 Å². The second-order valence-corrected chi connectivity index (χ2v) is 10.3. The lowest BCUT2D eigenvalue weighted by Gasteiger charge is -2.32. The molecule has 5 nitrogen and oxygen atoms in total. The molecule has 0 atom stereocenters. The van der Waals surface area contributed by atoms with Crippen molar-refractivity contribution in [3.05, 3.63) is 88.4 Å². The fraction of sp³-hybridized carbons (Fsp3) is 0.214. The van der Waals surface area contributed by atoms with Crippen LogP contribution >= 0.6 is 11.6 Å². The summed E-state index contributed by atoms with van der Waals surface area (Å²) >= 11 is 6.13. The lowest BCUT2D eigenvalue weighted by Crippen LogP contribution is -2.41. The number of amides is 2. The van der Waals surface area contributed by atoms with Gasteiger partial charge in [-0.1, -0.05) is 60.1 Å². The summed E-state index contributed by atoms with van der Waals surface area (Å²) in [4.78, 5) is 25.4. The minimum absolute atomic E-state index is 0.415. The zero-order valence-electron chi connectivity index (χ0n) is 20.0. The Kier molecular flexibility index (Phi) is 5.71. The zero-order valence-corrected chi connectivity index (χ0v) is 20.8. The van der Waals surface area contributed by atoms with Crippen LogP contribution in [0.25, 0.3) is 22.8 Å². The molecular formula is C28H25BClNO4. The van der Waals surface area contributed by atoms with E-state index in [4.69, 9.17) is 20.9 Å². The van der Waals surface area contributed by atoms with E-state index in [0.717, 1.165) is 22.2 Å². The van der Waals surface area contributed by atoms with Crippen molar-refractivity contribution >= 4 is 47.6 Å². The van der Waals surface area contributed by atoms with Gasteiger partial charge in [-0.15, -0.1) is 0 Å². The van der Waals surface area contributed by atoms with Crippen LogP contribution in [0.15, 0.2) is 66.7 Å². The normalized spacial score (nSPS) is 19.6. The van der Waals surface area contributed by atoms with Gasteiger partial charge in [0.2, 0.25) is 0 Å². The van der Waals surface area contributed by atoms with Crippen LogP contribution in [0.2, 0.25) is 5.02 Å². The van der Waals surface area contributed by atoms with Crippen LogP contribution < -0.4 is 10.8 Å². The number of nitrogens with one attached hydrogen (secondary N) is 1. The maximum Gasteiger partial charge on any atom is 0.494 e. The highest BCUT2D eigenvalue weighted by Gasteiger charge is 2.51. The Balaban J connectivity index is 1.46. The van der Waals surface area contributed by atoms with Gasteiger partial charge in [0.1, 0.15) is 0 Å². The Labute approximate surface area is 210 Å². The van der Waals surface area contributed by atoms with E-state index in [1.54, 1.807) is 18.2 Å². The number of carbonyl (C=O) groups is 2. The third-order valence-corrected chi connectivity index (χ3v) is 7.19. The predicted molar refractivity (Wildman–Crippen MR) is 139 cm³/mol. The van der Waals surface area contributed by atoms with Crippen LogP contribution in [0.5, 0.6) is 0 Å². The highest BCUT2D eigenvalue weighted by molar-refractivity contribution is 6.62. The molecule has 1 saturated heterocycles. The van der Waals surface area contributed by atoms with E-state index in [2.05, 4.69) is 5.32 Å². The van der Waals surface area contributed by atoms with Crippen LogP contribution in [0, 0.1) is 0 Å². The van der Waals surface area contributed by atoms with E-state index in [1.165, 1.54) is 0 Å². The molecule has 2 amide bonds. The van der Waals surface area contributed by atoms with Crippen LogP contribution in [0.3, 0.4) is 0 Å². The number of rotatable bonds is 3. The molecule has 1 N–H and O–H groups in total. The Bertz CT molecular complexity index is 1360. The molecular weight excluding hydrogens is 461 g/mol. The number of carbonyl (C=O) groups excluding carboxylic acids is 2. The first-order chi connectivity index (χ1) is 16.5. The van der Waals surface area contributed by atoms with Crippen molar-refractivity contribution in [2.45, 2.75) is 38.9 Å². The molecule has 0 bridgehead atoms. The van der Waals surface area contributed by atoms with Crippen molar-refractivity contribution in [3.63, 3.8) is 0 Å². The third-order valence-electron chi connectivity index (χ3n) is 6.96. The van der Waals surface area contributed by atoms with Crippen molar-refractivity contribution in [3.8, 4) is 11.1 Å². The summed E-state index contributed by atoms with van der Waals surface area (Å²) in [5, 5.41) is 3.07. The van der Waals surface area contributed by atoms with Gasteiger partial charge in [0.05, 0.1) is 11.2 Å². The topological polar surface area (TPSA) is 64.6 Å². The number of halogens is 1. The van der Waals surface area contributed by atoms with Crippen molar-refractivity contribution in [2.24, 2.45) is 0 Å². The number of benzene rings is 3. The quantitative estimate of drug-likeness (QED) is 0.318. The zero-order chi connectivity index (χ0) is 25.0.